The summed E-state index contributed by atoms with van der Waals surface area (Å²) in [5.74, 6) is -0.427. The highest BCUT2D eigenvalue weighted by molar-refractivity contribution is 6.30. The number of phenolic OH excluding ortho intramolecular Hbond substituents is 1. The van der Waals surface area contributed by atoms with Crippen LogP contribution in [0.2, 0.25) is 5.02 Å². The maximum absolute atomic E-state index is 12.0. The van der Waals surface area contributed by atoms with Crippen molar-refractivity contribution < 1.29 is 9.90 Å². The van der Waals surface area contributed by atoms with Gasteiger partial charge in [0.1, 0.15) is 5.75 Å². The number of carbonyl (C=O) groups is 1. The average molecular weight is 290 g/mol. The summed E-state index contributed by atoms with van der Waals surface area (Å²) in [6.07, 6.45) is 0.915. The maximum atomic E-state index is 12.0. The number of carbonyl (C=O) groups excluding carboxylic acids is 1. The van der Waals surface area contributed by atoms with Crippen LogP contribution in [-0.2, 0) is 13.0 Å². The quantitative estimate of drug-likeness (QED) is 0.904. The SMILES string of the molecule is CCc1ccccc1CNC(=O)c1ccc(Cl)cc1O. The third-order valence-corrected chi connectivity index (χ3v) is 3.38. The monoisotopic (exact) mass is 289 g/mol. The fourth-order valence-corrected chi connectivity index (χ4v) is 2.21. The van der Waals surface area contributed by atoms with E-state index in [4.69, 9.17) is 11.6 Å². The molecule has 4 heteroatoms. The lowest BCUT2D eigenvalue weighted by Gasteiger charge is -2.10. The minimum atomic E-state index is -0.315. The first-order valence-corrected chi connectivity index (χ1v) is 6.83. The van der Waals surface area contributed by atoms with Crippen LogP contribution in [0.15, 0.2) is 42.5 Å². The van der Waals surface area contributed by atoms with Gasteiger partial charge in [0.15, 0.2) is 0 Å². The highest BCUT2D eigenvalue weighted by atomic mass is 35.5. The number of rotatable bonds is 4. The Morgan fingerprint density at radius 1 is 1.20 bits per heavy atom. The molecule has 2 aromatic rings. The highest BCUT2D eigenvalue weighted by Gasteiger charge is 2.11. The van der Waals surface area contributed by atoms with Gasteiger partial charge in [-0.2, -0.15) is 0 Å². The number of hydrogen-bond donors (Lipinski definition) is 2. The Bertz CT molecular complexity index is 626. The molecule has 0 unspecified atom stereocenters. The summed E-state index contributed by atoms with van der Waals surface area (Å²) >= 11 is 5.74. The van der Waals surface area contributed by atoms with Crippen molar-refractivity contribution in [2.45, 2.75) is 19.9 Å². The third kappa shape index (κ3) is 3.31. The van der Waals surface area contributed by atoms with Crippen LogP contribution in [0.3, 0.4) is 0 Å². The fraction of sp³-hybridized carbons (Fsp3) is 0.188. The van der Waals surface area contributed by atoms with Crippen LogP contribution >= 0.6 is 11.6 Å². The van der Waals surface area contributed by atoms with E-state index in [9.17, 15) is 9.90 Å². The van der Waals surface area contributed by atoms with Crippen molar-refractivity contribution in [3.63, 3.8) is 0 Å². The van der Waals surface area contributed by atoms with E-state index < -0.39 is 0 Å². The average Bonchev–Trinajstić information content (AvgIpc) is 2.45. The van der Waals surface area contributed by atoms with Gasteiger partial charge in [0.05, 0.1) is 5.56 Å². The van der Waals surface area contributed by atoms with E-state index >= 15 is 0 Å². The Balaban J connectivity index is 2.09. The molecule has 2 aromatic carbocycles. The summed E-state index contributed by atoms with van der Waals surface area (Å²) in [6.45, 7) is 2.51. The summed E-state index contributed by atoms with van der Waals surface area (Å²) in [7, 11) is 0. The number of phenols is 1. The minimum absolute atomic E-state index is 0.112. The molecule has 0 aliphatic carbocycles. The van der Waals surface area contributed by atoms with Crippen molar-refractivity contribution in [3.05, 3.63) is 64.2 Å². The predicted octanol–water partition coefficient (Wildman–Crippen LogP) is 3.54. The van der Waals surface area contributed by atoms with E-state index in [0.29, 0.717) is 11.6 Å². The lowest BCUT2D eigenvalue weighted by Crippen LogP contribution is -2.23. The van der Waals surface area contributed by atoms with Crippen LogP contribution in [0.25, 0.3) is 0 Å². The van der Waals surface area contributed by atoms with Crippen LogP contribution in [0.4, 0.5) is 0 Å². The zero-order chi connectivity index (χ0) is 14.5. The number of amides is 1. The smallest absolute Gasteiger partial charge is 0.255 e. The second kappa shape index (κ2) is 6.44. The number of halogens is 1. The van der Waals surface area contributed by atoms with E-state index in [-0.39, 0.29) is 17.2 Å². The number of benzene rings is 2. The standard InChI is InChI=1S/C16H16ClNO2/c1-2-11-5-3-4-6-12(11)10-18-16(20)14-8-7-13(17)9-15(14)19/h3-9,19H,2,10H2,1H3,(H,18,20). The molecule has 0 heterocycles. The van der Waals surface area contributed by atoms with E-state index in [1.54, 1.807) is 6.07 Å². The van der Waals surface area contributed by atoms with Gasteiger partial charge in [0.25, 0.3) is 5.91 Å². The number of nitrogens with one attached hydrogen (secondary N) is 1. The third-order valence-electron chi connectivity index (χ3n) is 3.14. The molecule has 0 aliphatic heterocycles. The van der Waals surface area contributed by atoms with Gasteiger partial charge in [-0.15, -0.1) is 0 Å². The van der Waals surface area contributed by atoms with Crippen molar-refractivity contribution in [1.29, 1.82) is 0 Å². The van der Waals surface area contributed by atoms with Crippen LogP contribution in [0.5, 0.6) is 5.75 Å². The van der Waals surface area contributed by atoms with Gasteiger partial charge in [-0.25, -0.2) is 0 Å². The molecular formula is C16H16ClNO2. The second-order valence-corrected chi connectivity index (χ2v) is 4.90. The van der Waals surface area contributed by atoms with Crippen molar-refractivity contribution in [2.24, 2.45) is 0 Å². The second-order valence-electron chi connectivity index (χ2n) is 4.47. The van der Waals surface area contributed by atoms with Crippen molar-refractivity contribution in [1.82, 2.24) is 5.32 Å². The van der Waals surface area contributed by atoms with Gasteiger partial charge in [0.2, 0.25) is 0 Å². The Morgan fingerprint density at radius 2 is 1.90 bits per heavy atom. The van der Waals surface area contributed by atoms with E-state index in [2.05, 4.69) is 12.2 Å². The molecule has 0 aromatic heterocycles. The first kappa shape index (κ1) is 14.4. The number of aromatic hydroxyl groups is 1. The van der Waals surface area contributed by atoms with Crippen LogP contribution in [0, 0.1) is 0 Å². The highest BCUT2D eigenvalue weighted by Crippen LogP contribution is 2.21. The Labute approximate surface area is 123 Å². The molecule has 0 spiro atoms. The number of hydrogen-bond acceptors (Lipinski definition) is 2. The Morgan fingerprint density at radius 3 is 2.55 bits per heavy atom. The molecule has 0 saturated carbocycles. The van der Waals surface area contributed by atoms with E-state index in [1.807, 2.05) is 24.3 Å². The van der Waals surface area contributed by atoms with Crippen molar-refractivity contribution in [3.8, 4) is 5.75 Å². The Hall–Kier alpha value is -2.00. The first-order valence-electron chi connectivity index (χ1n) is 6.45. The molecule has 104 valence electrons. The molecule has 0 fully saturated rings. The lowest BCUT2D eigenvalue weighted by molar-refractivity contribution is 0.0948. The van der Waals surface area contributed by atoms with Gasteiger partial charge < -0.3 is 10.4 Å². The molecule has 0 bridgehead atoms. The summed E-state index contributed by atoms with van der Waals surface area (Å²) < 4.78 is 0. The molecule has 0 atom stereocenters. The van der Waals surface area contributed by atoms with Gasteiger partial charge >= 0.3 is 0 Å². The zero-order valence-electron chi connectivity index (χ0n) is 11.2. The van der Waals surface area contributed by atoms with E-state index in [1.165, 1.54) is 17.7 Å². The first-order chi connectivity index (χ1) is 9.61. The summed E-state index contributed by atoms with van der Waals surface area (Å²) in [5.41, 5.74) is 2.51. The van der Waals surface area contributed by atoms with Crippen LogP contribution < -0.4 is 5.32 Å². The minimum Gasteiger partial charge on any atom is -0.507 e. The normalized spacial score (nSPS) is 10.3. The molecular weight excluding hydrogens is 274 g/mol. The van der Waals surface area contributed by atoms with Gasteiger partial charge in [0, 0.05) is 11.6 Å². The van der Waals surface area contributed by atoms with E-state index in [0.717, 1.165) is 12.0 Å². The van der Waals surface area contributed by atoms with Crippen LogP contribution in [-0.4, -0.2) is 11.0 Å². The molecule has 0 radical (unpaired) electrons. The van der Waals surface area contributed by atoms with Crippen molar-refractivity contribution in [2.75, 3.05) is 0 Å². The molecule has 3 nitrogen and oxygen atoms in total. The van der Waals surface area contributed by atoms with Crippen molar-refractivity contribution >= 4 is 17.5 Å². The zero-order valence-corrected chi connectivity index (χ0v) is 11.9. The summed E-state index contributed by atoms with van der Waals surface area (Å²) in [6, 6.07) is 12.4. The summed E-state index contributed by atoms with van der Waals surface area (Å²) in [4.78, 5) is 12.0. The molecule has 0 aliphatic rings. The molecule has 1 amide bonds. The fourth-order valence-electron chi connectivity index (χ4n) is 2.04. The predicted molar refractivity (Wildman–Crippen MR) is 80.1 cm³/mol. The van der Waals surface area contributed by atoms with Crippen LogP contribution in [0.1, 0.15) is 28.4 Å². The molecule has 2 N–H and O–H groups in total. The van der Waals surface area contributed by atoms with Gasteiger partial charge in [-0.05, 0) is 35.7 Å². The molecule has 2 rings (SSSR count). The molecule has 20 heavy (non-hydrogen) atoms. The Kier molecular flexibility index (Phi) is 4.64. The maximum Gasteiger partial charge on any atom is 0.255 e. The summed E-state index contributed by atoms with van der Waals surface area (Å²) in [5, 5.41) is 12.9. The number of aryl methyl sites for hydroxylation is 1. The topological polar surface area (TPSA) is 49.3 Å². The van der Waals surface area contributed by atoms with Gasteiger partial charge in [-0.3, -0.25) is 4.79 Å². The van der Waals surface area contributed by atoms with Gasteiger partial charge in [-0.1, -0.05) is 42.8 Å². The lowest BCUT2D eigenvalue weighted by atomic mass is 10.1. The largest absolute Gasteiger partial charge is 0.507 e. The molecule has 0 saturated heterocycles.